The third kappa shape index (κ3) is 2.95. The van der Waals surface area contributed by atoms with Gasteiger partial charge in [-0.25, -0.2) is 4.98 Å². The van der Waals surface area contributed by atoms with Gasteiger partial charge in [-0.05, 0) is 24.6 Å². The molecule has 0 saturated heterocycles. The molecule has 1 N–H and O–H groups in total. The van der Waals surface area contributed by atoms with Gasteiger partial charge in [0.1, 0.15) is 5.82 Å². The number of nitrogens with one attached hydrogen (secondary N) is 1. The van der Waals surface area contributed by atoms with Crippen molar-refractivity contribution in [1.82, 2.24) is 9.97 Å². The van der Waals surface area contributed by atoms with Crippen LogP contribution in [0, 0.1) is 6.92 Å². The van der Waals surface area contributed by atoms with E-state index < -0.39 is 0 Å². The largest absolute Gasteiger partial charge is 0.306 e. The van der Waals surface area contributed by atoms with Crippen LogP contribution in [0.5, 0.6) is 0 Å². The summed E-state index contributed by atoms with van der Waals surface area (Å²) in [6, 6.07) is 17.1. The summed E-state index contributed by atoms with van der Waals surface area (Å²) >= 11 is 3.44. The zero-order valence-corrected chi connectivity index (χ0v) is 13.0. The number of halogens is 1. The van der Waals surface area contributed by atoms with Gasteiger partial charge in [0, 0.05) is 21.7 Å². The van der Waals surface area contributed by atoms with Crippen LogP contribution >= 0.6 is 15.9 Å². The molecule has 0 aliphatic rings. The van der Waals surface area contributed by atoms with E-state index in [0.717, 1.165) is 21.2 Å². The first-order valence-corrected chi connectivity index (χ1v) is 7.36. The van der Waals surface area contributed by atoms with Crippen molar-refractivity contribution < 1.29 is 0 Å². The summed E-state index contributed by atoms with van der Waals surface area (Å²) in [6.07, 6.45) is 0. The van der Waals surface area contributed by atoms with E-state index in [-0.39, 0.29) is 5.56 Å². The predicted octanol–water partition coefficient (Wildman–Crippen LogP) is 4.17. The van der Waals surface area contributed by atoms with Crippen molar-refractivity contribution in [2.45, 2.75) is 6.92 Å². The molecule has 0 radical (unpaired) electrons. The molecule has 1 aromatic heterocycles. The van der Waals surface area contributed by atoms with E-state index in [0.29, 0.717) is 11.5 Å². The minimum absolute atomic E-state index is 0.154. The van der Waals surface area contributed by atoms with Crippen LogP contribution in [0.3, 0.4) is 0 Å². The Kier molecular flexibility index (Phi) is 3.71. The summed E-state index contributed by atoms with van der Waals surface area (Å²) in [4.78, 5) is 19.4. The van der Waals surface area contributed by atoms with Gasteiger partial charge >= 0.3 is 0 Å². The van der Waals surface area contributed by atoms with Crippen LogP contribution in [0.15, 0.2) is 63.9 Å². The number of hydrogen-bond donors (Lipinski definition) is 1. The van der Waals surface area contributed by atoms with Gasteiger partial charge in [0.25, 0.3) is 5.56 Å². The van der Waals surface area contributed by atoms with E-state index in [1.807, 2.05) is 55.5 Å². The third-order valence-electron chi connectivity index (χ3n) is 3.26. The molecule has 0 saturated carbocycles. The highest BCUT2D eigenvalue weighted by atomic mass is 79.9. The topological polar surface area (TPSA) is 45.8 Å². The summed E-state index contributed by atoms with van der Waals surface area (Å²) in [5, 5.41) is 0. The van der Waals surface area contributed by atoms with E-state index >= 15 is 0 Å². The Bertz CT molecular complexity index is 855. The minimum Gasteiger partial charge on any atom is -0.306 e. The van der Waals surface area contributed by atoms with Crippen molar-refractivity contribution in [3.63, 3.8) is 0 Å². The molecule has 3 nitrogen and oxygen atoms in total. The number of aryl methyl sites for hydroxylation is 1. The van der Waals surface area contributed by atoms with E-state index in [4.69, 9.17) is 0 Å². The third-order valence-corrected chi connectivity index (χ3v) is 3.76. The Balaban J connectivity index is 2.18. The van der Waals surface area contributed by atoms with Crippen molar-refractivity contribution in [2.24, 2.45) is 0 Å². The van der Waals surface area contributed by atoms with Gasteiger partial charge in [0.2, 0.25) is 0 Å². The zero-order valence-electron chi connectivity index (χ0n) is 11.4. The molecule has 4 heteroatoms. The molecule has 0 unspecified atom stereocenters. The van der Waals surface area contributed by atoms with Gasteiger partial charge in [-0.1, -0.05) is 52.3 Å². The molecule has 0 aliphatic heterocycles. The highest BCUT2D eigenvalue weighted by molar-refractivity contribution is 9.10. The molecule has 2 aromatic carbocycles. The second-order valence-electron chi connectivity index (χ2n) is 4.80. The molecule has 3 aromatic rings. The quantitative estimate of drug-likeness (QED) is 0.760. The standard InChI is InChI=1S/C17H13BrN2O/c1-11-5-2-3-8-14(11)17-19-15(10-16(21)20-17)12-6-4-7-13(18)9-12/h2-10H,1H3,(H,19,20,21). The number of aromatic amines is 1. The summed E-state index contributed by atoms with van der Waals surface area (Å²) in [7, 11) is 0. The van der Waals surface area contributed by atoms with Crippen LogP contribution in [0.2, 0.25) is 0 Å². The van der Waals surface area contributed by atoms with E-state index in [1.165, 1.54) is 6.07 Å². The lowest BCUT2D eigenvalue weighted by molar-refractivity contribution is 1.13. The molecule has 0 atom stereocenters. The highest BCUT2D eigenvalue weighted by Gasteiger charge is 2.08. The van der Waals surface area contributed by atoms with Crippen molar-refractivity contribution >= 4 is 15.9 Å². The second kappa shape index (κ2) is 5.66. The smallest absolute Gasteiger partial charge is 0.251 e. The molecule has 3 rings (SSSR count). The number of benzene rings is 2. The summed E-state index contributed by atoms with van der Waals surface area (Å²) in [5.74, 6) is 0.593. The Morgan fingerprint density at radius 3 is 2.62 bits per heavy atom. The zero-order chi connectivity index (χ0) is 14.8. The Labute approximate surface area is 130 Å². The predicted molar refractivity (Wildman–Crippen MR) is 88.2 cm³/mol. The van der Waals surface area contributed by atoms with Gasteiger partial charge in [0.05, 0.1) is 5.69 Å². The van der Waals surface area contributed by atoms with E-state index in [2.05, 4.69) is 25.9 Å². The van der Waals surface area contributed by atoms with Crippen LogP contribution in [0.1, 0.15) is 5.56 Å². The lowest BCUT2D eigenvalue weighted by Gasteiger charge is -2.07. The molecule has 21 heavy (non-hydrogen) atoms. The van der Waals surface area contributed by atoms with Crippen LogP contribution in [0.25, 0.3) is 22.6 Å². The van der Waals surface area contributed by atoms with Gasteiger partial charge in [-0.3, -0.25) is 4.79 Å². The first-order chi connectivity index (χ1) is 10.1. The number of aromatic nitrogens is 2. The van der Waals surface area contributed by atoms with Crippen LogP contribution < -0.4 is 5.56 Å². The Morgan fingerprint density at radius 2 is 1.86 bits per heavy atom. The van der Waals surface area contributed by atoms with Gasteiger partial charge < -0.3 is 4.98 Å². The SMILES string of the molecule is Cc1ccccc1-c1nc(-c2cccc(Br)c2)cc(=O)[nH]1. The summed E-state index contributed by atoms with van der Waals surface area (Å²) < 4.78 is 0.958. The molecule has 104 valence electrons. The molecule has 0 amide bonds. The number of nitrogens with zero attached hydrogens (tertiary/aromatic N) is 1. The van der Waals surface area contributed by atoms with Gasteiger partial charge in [-0.15, -0.1) is 0 Å². The first kappa shape index (κ1) is 13.8. The molecule has 0 aliphatic carbocycles. The fourth-order valence-electron chi connectivity index (χ4n) is 2.22. The normalized spacial score (nSPS) is 10.6. The molecule has 0 fully saturated rings. The molecular weight excluding hydrogens is 328 g/mol. The number of hydrogen-bond acceptors (Lipinski definition) is 2. The Hall–Kier alpha value is -2.20. The lowest BCUT2D eigenvalue weighted by Crippen LogP contribution is -2.09. The van der Waals surface area contributed by atoms with Crippen molar-refractivity contribution in [3.05, 3.63) is 75.0 Å². The Morgan fingerprint density at radius 1 is 1.05 bits per heavy atom. The average molecular weight is 341 g/mol. The van der Waals surface area contributed by atoms with Gasteiger partial charge in [-0.2, -0.15) is 0 Å². The maximum absolute atomic E-state index is 11.9. The molecule has 1 heterocycles. The van der Waals surface area contributed by atoms with Crippen molar-refractivity contribution in [2.75, 3.05) is 0 Å². The fourth-order valence-corrected chi connectivity index (χ4v) is 2.62. The maximum Gasteiger partial charge on any atom is 0.251 e. The van der Waals surface area contributed by atoms with Crippen LogP contribution in [-0.2, 0) is 0 Å². The average Bonchev–Trinajstić information content (AvgIpc) is 2.47. The molecule has 0 bridgehead atoms. The lowest BCUT2D eigenvalue weighted by atomic mass is 10.1. The number of H-pyrrole nitrogens is 1. The van der Waals surface area contributed by atoms with E-state index in [1.54, 1.807) is 0 Å². The maximum atomic E-state index is 11.9. The summed E-state index contributed by atoms with van der Waals surface area (Å²) in [5.41, 5.74) is 3.43. The first-order valence-electron chi connectivity index (χ1n) is 6.57. The highest BCUT2D eigenvalue weighted by Crippen LogP contribution is 2.23. The second-order valence-corrected chi connectivity index (χ2v) is 5.72. The van der Waals surface area contributed by atoms with Gasteiger partial charge in [0.15, 0.2) is 0 Å². The summed E-state index contributed by atoms with van der Waals surface area (Å²) in [6.45, 7) is 2.00. The molecular formula is C17H13BrN2O. The minimum atomic E-state index is -0.154. The van der Waals surface area contributed by atoms with Crippen molar-refractivity contribution in [1.29, 1.82) is 0 Å². The fraction of sp³-hybridized carbons (Fsp3) is 0.0588. The number of rotatable bonds is 2. The van der Waals surface area contributed by atoms with Crippen LogP contribution in [0.4, 0.5) is 0 Å². The van der Waals surface area contributed by atoms with Crippen LogP contribution in [-0.4, -0.2) is 9.97 Å². The monoisotopic (exact) mass is 340 g/mol. The molecule has 0 spiro atoms. The van der Waals surface area contributed by atoms with Crippen molar-refractivity contribution in [3.8, 4) is 22.6 Å². The van der Waals surface area contributed by atoms with E-state index in [9.17, 15) is 4.79 Å².